The summed E-state index contributed by atoms with van der Waals surface area (Å²) < 4.78 is 0. The normalized spacial score (nSPS) is 16.9. The molecule has 9 heteroatoms. The number of hydrogen-bond acceptors (Lipinski definition) is 8. The highest BCUT2D eigenvalue weighted by molar-refractivity contribution is 7.15. The number of carbonyl (C=O) groups excluding carboxylic acids is 1. The van der Waals surface area contributed by atoms with Crippen molar-refractivity contribution in [3.63, 3.8) is 0 Å². The lowest BCUT2D eigenvalue weighted by atomic mass is 9.98. The number of amides is 1. The van der Waals surface area contributed by atoms with E-state index < -0.39 is 0 Å². The van der Waals surface area contributed by atoms with E-state index in [1.807, 2.05) is 43.3 Å². The first-order valence-electron chi connectivity index (χ1n) is 9.94. The molecule has 1 amide bonds. The van der Waals surface area contributed by atoms with E-state index in [1.165, 1.54) is 0 Å². The fourth-order valence-corrected chi connectivity index (χ4v) is 4.81. The van der Waals surface area contributed by atoms with E-state index in [9.17, 15) is 4.79 Å². The first-order valence-corrected chi connectivity index (χ1v) is 11.6. The van der Waals surface area contributed by atoms with Crippen molar-refractivity contribution < 1.29 is 4.79 Å². The Bertz CT molecular complexity index is 1070. The largest absolute Gasteiger partial charge is 0.331 e. The summed E-state index contributed by atoms with van der Waals surface area (Å²) in [6.45, 7) is 6.58. The van der Waals surface area contributed by atoms with Gasteiger partial charge in [-0.2, -0.15) is 0 Å². The molecule has 0 bridgehead atoms. The third kappa shape index (κ3) is 4.91. The Morgan fingerprint density at radius 1 is 1.23 bits per heavy atom. The van der Waals surface area contributed by atoms with Crippen LogP contribution in [0.5, 0.6) is 0 Å². The number of rotatable bonds is 5. The predicted molar refractivity (Wildman–Crippen MR) is 121 cm³/mol. The van der Waals surface area contributed by atoms with Crippen LogP contribution in [0.25, 0.3) is 6.08 Å². The molecule has 4 heterocycles. The van der Waals surface area contributed by atoms with E-state index in [0.717, 1.165) is 52.2 Å². The van der Waals surface area contributed by atoms with E-state index in [-0.39, 0.29) is 11.9 Å². The molecule has 3 aromatic heterocycles. The molecule has 0 spiro atoms. The van der Waals surface area contributed by atoms with Gasteiger partial charge in [-0.3, -0.25) is 4.79 Å². The highest BCUT2D eigenvalue weighted by Gasteiger charge is 2.28. The number of aryl methyl sites for hydroxylation is 3. The number of nitrogens with zero attached hydrogens (tertiary/aromatic N) is 5. The van der Waals surface area contributed by atoms with Crippen LogP contribution in [0.3, 0.4) is 0 Å². The Morgan fingerprint density at radius 2 is 2.10 bits per heavy atom. The average molecular weight is 441 g/mol. The summed E-state index contributed by atoms with van der Waals surface area (Å²) in [7, 11) is 0. The summed E-state index contributed by atoms with van der Waals surface area (Å²) >= 11 is 3.16. The number of aromatic nitrogens is 4. The number of anilines is 2. The lowest BCUT2D eigenvalue weighted by Gasteiger charge is -2.35. The van der Waals surface area contributed by atoms with Gasteiger partial charge in [-0.25, -0.2) is 19.9 Å². The minimum atomic E-state index is -0.0617. The number of carbonyl (C=O) groups is 1. The third-order valence-corrected chi connectivity index (χ3v) is 6.49. The zero-order chi connectivity index (χ0) is 21.1. The fraction of sp³-hybridized carbons (Fsp3) is 0.381. The smallest absolute Gasteiger partial charge is 0.247 e. The summed E-state index contributed by atoms with van der Waals surface area (Å²) in [5.74, 6) is 1.37. The maximum absolute atomic E-state index is 13.0. The number of likely N-dealkylation sites (tertiary alicyclic amines) is 1. The van der Waals surface area contributed by atoms with Crippen molar-refractivity contribution in [3.05, 3.63) is 50.8 Å². The van der Waals surface area contributed by atoms with Crippen LogP contribution >= 0.6 is 22.7 Å². The molecule has 1 atom stereocenters. The molecule has 1 aliphatic rings. The molecule has 1 aliphatic heterocycles. The molecular formula is C21H24N6OS2. The lowest BCUT2D eigenvalue weighted by Crippen LogP contribution is -2.38. The molecule has 0 saturated carbocycles. The van der Waals surface area contributed by atoms with E-state index in [4.69, 9.17) is 0 Å². The molecule has 156 valence electrons. The molecule has 1 N–H and O–H groups in total. The number of piperidine rings is 1. The summed E-state index contributed by atoms with van der Waals surface area (Å²) in [5.41, 5.74) is 1.69. The number of hydrogen-bond donors (Lipinski definition) is 1. The van der Waals surface area contributed by atoms with Gasteiger partial charge in [0, 0.05) is 35.1 Å². The minimum absolute atomic E-state index is 0.00771. The van der Waals surface area contributed by atoms with Crippen molar-refractivity contribution in [2.75, 3.05) is 11.9 Å². The van der Waals surface area contributed by atoms with Gasteiger partial charge in [-0.05, 0) is 46.1 Å². The number of thiazole rings is 2. The highest BCUT2D eigenvalue weighted by Crippen LogP contribution is 2.32. The molecule has 1 fully saturated rings. The monoisotopic (exact) mass is 440 g/mol. The predicted octanol–water partition coefficient (Wildman–Crippen LogP) is 4.83. The maximum Gasteiger partial charge on any atom is 0.247 e. The molecule has 3 aromatic rings. The Balaban J connectivity index is 1.55. The van der Waals surface area contributed by atoms with Crippen LogP contribution in [0.1, 0.15) is 52.4 Å². The van der Waals surface area contributed by atoms with Gasteiger partial charge in [0.05, 0.1) is 22.4 Å². The van der Waals surface area contributed by atoms with E-state index in [2.05, 4.69) is 25.3 Å². The van der Waals surface area contributed by atoms with E-state index in [0.29, 0.717) is 11.6 Å². The van der Waals surface area contributed by atoms with Gasteiger partial charge in [0.15, 0.2) is 5.13 Å². The van der Waals surface area contributed by atoms with Crippen molar-refractivity contribution >= 4 is 45.6 Å². The van der Waals surface area contributed by atoms with E-state index in [1.54, 1.807) is 34.8 Å². The van der Waals surface area contributed by atoms with Crippen molar-refractivity contribution in [2.24, 2.45) is 0 Å². The summed E-state index contributed by atoms with van der Waals surface area (Å²) in [6, 6.07) is 1.88. The number of nitrogens with one attached hydrogen (secondary N) is 1. The van der Waals surface area contributed by atoms with Crippen LogP contribution in [0.4, 0.5) is 10.9 Å². The average Bonchev–Trinajstić information content (AvgIpc) is 3.33. The van der Waals surface area contributed by atoms with Crippen molar-refractivity contribution in [3.8, 4) is 0 Å². The van der Waals surface area contributed by atoms with Gasteiger partial charge >= 0.3 is 0 Å². The Hall–Kier alpha value is -2.65. The molecule has 30 heavy (non-hydrogen) atoms. The zero-order valence-corrected chi connectivity index (χ0v) is 18.9. The van der Waals surface area contributed by atoms with Crippen molar-refractivity contribution in [1.29, 1.82) is 0 Å². The summed E-state index contributed by atoms with van der Waals surface area (Å²) in [4.78, 5) is 33.9. The van der Waals surface area contributed by atoms with Crippen LogP contribution in [-0.2, 0) is 4.79 Å². The SMILES string of the molecule is Cc1nc(Nc2ncc(C)s2)cc(C2CCCCN2C(=O)C=Cc2csc(C)n2)n1. The molecule has 0 aliphatic carbocycles. The summed E-state index contributed by atoms with van der Waals surface area (Å²) in [6.07, 6.45) is 8.21. The van der Waals surface area contributed by atoms with Gasteiger partial charge in [0.1, 0.15) is 11.6 Å². The Labute approximate surface area is 183 Å². The van der Waals surface area contributed by atoms with Crippen molar-refractivity contribution in [2.45, 2.75) is 46.1 Å². The first-order chi connectivity index (χ1) is 14.5. The molecule has 0 radical (unpaired) electrons. The second-order valence-corrected chi connectivity index (χ2v) is 9.59. The minimum Gasteiger partial charge on any atom is -0.331 e. The van der Waals surface area contributed by atoms with Gasteiger partial charge in [0.25, 0.3) is 0 Å². The second kappa shape index (κ2) is 9.01. The Kier molecular flexibility index (Phi) is 6.19. The Morgan fingerprint density at radius 3 is 2.83 bits per heavy atom. The molecular weight excluding hydrogens is 416 g/mol. The molecule has 1 unspecified atom stereocenters. The van der Waals surface area contributed by atoms with Crippen molar-refractivity contribution in [1.82, 2.24) is 24.8 Å². The lowest BCUT2D eigenvalue weighted by molar-refractivity contribution is -0.129. The molecule has 1 saturated heterocycles. The standard InChI is InChI=1S/C21H24N6OS2/c1-13-11-22-21(30-13)26-19-10-17(23-14(2)24-19)18-6-4-5-9-27(18)20(28)8-7-16-12-29-15(3)25-16/h7-8,10-12,18H,4-6,9H2,1-3H3,(H,22,23,24,26). The van der Waals surface area contributed by atoms with Gasteiger partial charge in [-0.15, -0.1) is 22.7 Å². The van der Waals surface area contributed by atoms with Crippen LogP contribution in [-0.4, -0.2) is 37.3 Å². The molecule has 7 nitrogen and oxygen atoms in total. The third-order valence-electron chi connectivity index (χ3n) is 4.87. The van der Waals surface area contributed by atoms with Gasteiger partial charge in [-0.1, -0.05) is 0 Å². The van der Waals surface area contributed by atoms with Crippen LogP contribution in [0.15, 0.2) is 23.7 Å². The molecule has 4 rings (SSSR count). The maximum atomic E-state index is 13.0. The highest BCUT2D eigenvalue weighted by atomic mass is 32.1. The van der Waals surface area contributed by atoms with Crippen LogP contribution < -0.4 is 5.32 Å². The van der Waals surface area contributed by atoms with Crippen LogP contribution in [0.2, 0.25) is 0 Å². The topological polar surface area (TPSA) is 83.9 Å². The van der Waals surface area contributed by atoms with Gasteiger partial charge < -0.3 is 10.2 Å². The zero-order valence-electron chi connectivity index (χ0n) is 17.3. The van der Waals surface area contributed by atoms with Gasteiger partial charge in [0.2, 0.25) is 5.91 Å². The summed E-state index contributed by atoms with van der Waals surface area (Å²) in [5, 5.41) is 7.02. The second-order valence-electron chi connectivity index (χ2n) is 7.29. The van der Waals surface area contributed by atoms with Crippen LogP contribution in [0, 0.1) is 20.8 Å². The molecule has 0 aromatic carbocycles. The fourth-order valence-electron chi connectivity index (χ4n) is 3.56. The van der Waals surface area contributed by atoms with E-state index >= 15 is 0 Å². The first kappa shape index (κ1) is 20.6. The quantitative estimate of drug-likeness (QED) is 0.572.